The van der Waals surface area contributed by atoms with E-state index in [0.29, 0.717) is 18.7 Å². The summed E-state index contributed by atoms with van der Waals surface area (Å²) in [6.07, 6.45) is 15.3. The first-order chi connectivity index (χ1) is 18.3. The van der Waals surface area contributed by atoms with Crippen LogP contribution >= 0.6 is 11.8 Å². The third kappa shape index (κ3) is 7.46. The minimum atomic E-state index is -0.262. The number of hydrogen-bond donors (Lipinski definition) is 0. The average molecular weight is 538 g/mol. The Bertz CT molecular complexity index is 1020. The van der Waals surface area contributed by atoms with Gasteiger partial charge >= 0.3 is 6.03 Å². The largest absolute Gasteiger partial charge is 0.332 e. The van der Waals surface area contributed by atoms with Crippen LogP contribution in [0.2, 0.25) is 0 Å². The van der Waals surface area contributed by atoms with E-state index in [4.69, 9.17) is 0 Å². The fraction of sp³-hybridized carbons (Fsp3) is 0.548. The summed E-state index contributed by atoms with van der Waals surface area (Å²) in [5, 5.41) is 0. The number of thioether (sulfide) groups is 1. The van der Waals surface area contributed by atoms with Gasteiger partial charge in [-0.25, -0.2) is 9.78 Å². The van der Waals surface area contributed by atoms with E-state index in [9.17, 15) is 14.4 Å². The number of allylic oxidation sites excluding steroid dienone is 5. The first-order valence-electron chi connectivity index (χ1n) is 13.8. The number of amides is 3. The maximum atomic E-state index is 14.1. The highest BCUT2D eigenvalue weighted by Gasteiger charge is 2.39. The van der Waals surface area contributed by atoms with Crippen molar-refractivity contribution in [3.8, 4) is 0 Å². The van der Waals surface area contributed by atoms with E-state index in [1.807, 2.05) is 49.0 Å². The molecule has 1 saturated heterocycles. The summed E-state index contributed by atoms with van der Waals surface area (Å²) >= 11 is 1.90. The molecular weight excluding hydrogens is 494 g/mol. The predicted molar refractivity (Wildman–Crippen MR) is 157 cm³/mol. The second-order valence-electron chi connectivity index (χ2n) is 10.7. The molecule has 0 bridgehead atoms. The Balaban J connectivity index is 1.77. The van der Waals surface area contributed by atoms with Gasteiger partial charge in [-0.05, 0) is 87.3 Å². The van der Waals surface area contributed by atoms with E-state index in [0.717, 1.165) is 54.6 Å². The standard InChI is InChI=1S/C31H43N3O3S/c1-6-7-8-9-23(3)24(4)29(21-35)26-11-13-27(14-12-26)33(25(5)36)31(37)34(28-16-18-38-19-17-28)30-15-10-22(2)20-32-30/h6-10,15,20-21,24,26-29H,1,11-14,16-19H2,2-5H3/b8-7-,23-9-. The molecule has 2 heterocycles. The number of aryl methyl sites for hydroxylation is 1. The quantitative estimate of drug-likeness (QED) is 0.257. The molecule has 0 aromatic carbocycles. The van der Waals surface area contributed by atoms with Crippen molar-refractivity contribution < 1.29 is 14.4 Å². The maximum absolute atomic E-state index is 14.1. The van der Waals surface area contributed by atoms with Crippen molar-refractivity contribution in [2.24, 2.45) is 17.8 Å². The minimum absolute atomic E-state index is 0.0299. The molecule has 0 N–H and O–H groups in total. The highest BCUT2D eigenvalue weighted by Crippen LogP contribution is 2.38. The molecule has 2 aliphatic rings. The van der Waals surface area contributed by atoms with Gasteiger partial charge in [-0.3, -0.25) is 14.6 Å². The Morgan fingerprint density at radius 1 is 1.05 bits per heavy atom. The number of aldehydes is 1. The Hall–Kier alpha value is -2.67. The lowest BCUT2D eigenvalue weighted by Crippen LogP contribution is -2.55. The summed E-state index contributed by atoms with van der Waals surface area (Å²) in [6, 6.07) is 3.45. The van der Waals surface area contributed by atoms with E-state index >= 15 is 0 Å². The van der Waals surface area contributed by atoms with Crippen molar-refractivity contribution in [3.63, 3.8) is 0 Å². The Kier molecular flexibility index (Phi) is 11.4. The van der Waals surface area contributed by atoms with E-state index in [1.54, 1.807) is 17.2 Å². The number of rotatable bonds is 9. The third-order valence-electron chi connectivity index (χ3n) is 8.16. The number of anilines is 1. The van der Waals surface area contributed by atoms with Gasteiger partial charge in [0.25, 0.3) is 0 Å². The smallest absolute Gasteiger partial charge is 0.303 e. The number of imide groups is 1. The third-order valence-corrected chi connectivity index (χ3v) is 9.21. The van der Waals surface area contributed by atoms with Gasteiger partial charge < -0.3 is 4.79 Å². The Labute approximate surface area is 232 Å². The van der Waals surface area contributed by atoms with Crippen molar-refractivity contribution >= 4 is 35.8 Å². The van der Waals surface area contributed by atoms with Crippen molar-refractivity contribution in [2.75, 3.05) is 16.4 Å². The van der Waals surface area contributed by atoms with Crippen LogP contribution in [0.3, 0.4) is 0 Å². The molecule has 38 heavy (non-hydrogen) atoms. The predicted octanol–water partition coefficient (Wildman–Crippen LogP) is 6.76. The van der Waals surface area contributed by atoms with Gasteiger partial charge in [0.15, 0.2) is 0 Å². The number of carbonyl (C=O) groups excluding carboxylic acids is 3. The van der Waals surface area contributed by atoms with Gasteiger partial charge in [-0.1, -0.05) is 49.4 Å². The van der Waals surface area contributed by atoms with Gasteiger partial charge in [0.1, 0.15) is 12.1 Å². The lowest BCUT2D eigenvalue weighted by Gasteiger charge is -2.41. The van der Waals surface area contributed by atoms with Crippen LogP contribution in [0.5, 0.6) is 0 Å². The van der Waals surface area contributed by atoms with E-state index in [2.05, 4.69) is 25.4 Å². The normalized spacial score (nSPS) is 22.5. The molecule has 2 atom stereocenters. The summed E-state index contributed by atoms with van der Waals surface area (Å²) in [5.74, 6) is 2.65. The topological polar surface area (TPSA) is 70.6 Å². The van der Waals surface area contributed by atoms with Crippen LogP contribution < -0.4 is 4.90 Å². The van der Waals surface area contributed by atoms with Crippen molar-refractivity contribution in [1.29, 1.82) is 0 Å². The van der Waals surface area contributed by atoms with Crippen LogP contribution in [0.25, 0.3) is 0 Å². The van der Waals surface area contributed by atoms with Crippen molar-refractivity contribution in [3.05, 3.63) is 60.3 Å². The second kappa shape index (κ2) is 14.5. The van der Waals surface area contributed by atoms with Gasteiger partial charge in [0.2, 0.25) is 5.91 Å². The molecule has 1 aromatic heterocycles. The van der Waals surface area contributed by atoms with Crippen LogP contribution in [-0.2, 0) is 9.59 Å². The first kappa shape index (κ1) is 29.9. The molecule has 206 valence electrons. The molecule has 3 rings (SSSR count). The number of aromatic nitrogens is 1. The molecule has 7 heteroatoms. The SMILES string of the molecule is C=C/C=C\C=C(\C)C(C)C(C=O)C1CCC(N(C(C)=O)C(=O)N(c2ccc(C)cn2)C2CCSCC2)CC1. The fourth-order valence-corrected chi connectivity index (χ4v) is 6.86. The van der Waals surface area contributed by atoms with E-state index in [1.165, 1.54) is 11.8 Å². The molecule has 0 radical (unpaired) electrons. The van der Waals surface area contributed by atoms with Crippen LogP contribution in [0.1, 0.15) is 64.9 Å². The molecule has 2 fully saturated rings. The molecule has 1 saturated carbocycles. The van der Waals surface area contributed by atoms with Gasteiger partial charge in [0.05, 0.1) is 0 Å². The first-order valence-corrected chi connectivity index (χ1v) is 15.0. The number of pyridine rings is 1. The Morgan fingerprint density at radius 3 is 2.29 bits per heavy atom. The Morgan fingerprint density at radius 2 is 1.74 bits per heavy atom. The molecule has 1 aliphatic heterocycles. The number of urea groups is 1. The molecule has 1 aromatic rings. The van der Waals surface area contributed by atoms with Crippen LogP contribution in [0.15, 0.2) is 54.8 Å². The van der Waals surface area contributed by atoms with Gasteiger partial charge in [-0.15, -0.1) is 0 Å². The molecule has 0 spiro atoms. The van der Waals surface area contributed by atoms with Gasteiger partial charge in [-0.2, -0.15) is 11.8 Å². The van der Waals surface area contributed by atoms with E-state index < -0.39 is 0 Å². The molecule has 2 unspecified atom stereocenters. The molecule has 3 amide bonds. The summed E-state index contributed by atoms with van der Waals surface area (Å²) < 4.78 is 0. The summed E-state index contributed by atoms with van der Waals surface area (Å²) in [6.45, 7) is 11.3. The molecule has 1 aliphatic carbocycles. The number of carbonyl (C=O) groups is 3. The van der Waals surface area contributed by atoms with Crippen LogP contribution in [-0.4, -0.2) is 51.7 Å². The molecular formula is C31H43N3O3S. The minimum Gasteiger partial charge on any atom is -0.303 e. The fourth-order valence-electron chi connectivity index (χ4n) is 5.77. The van der Waals surface area contributed by atoms with Gasteiger partial charge in [0, 0.05) is 31.1 Å². The number of hydrogen-bond acceptors (Lipinski definition) is 5. The van der Waals surface area contributed by atoms with Crippen molar-refractivity contribution in [1.82, 2.24) is 9.88 Å². The summed E-state index contributed by atoms with van der Waals surface area (Å²) in [4.78, 5) is 47.0. The zero-order valence-corrected chi connectivity index (χ0v) is 24.2. The monoisotopic (exact) mass is 537 g/mol. The van der Waals surface area contributed by atoms with E-state index in [-0.39, 0.29) is 41.8 Å². The lowest BCUT2D eigenvalue weighted by molar-refractivity contribution is -0.128. The summed E-state index contributed by atoms with van der Waals surface area (Å²) in [7, 11) is 0. The highest BCUT2D eigenvalue weighted by molar-refractivity contribution is 7.99. The zero-order chi connectivity index (χ0) is 27.7. The highest BCUT2D eigenvalue weighted by atomic mass is 32.2. The average Bonchev–Trinajstić information content (AvgIpc) is 2.91. The number of nitrogens with zero attached hydrogens (tertiary/aromatic N) is 3. The van der Waals surface area contributed by atoms with Crippen LogP contribution in [0, 0.1) is 24.7 Å². The van der Waals surface area contributed by atoms with Crippen molar-refractivity contribution in [2.45, 2.75) is 78.3 Å². The zero-order valence-electron chi connectivity index (χ0n) is 23.3. The molecule has 6 nitrogen and oxygen atoms in total. The van der Waals surface area contributed by atoms with Crippen LogP contribution in [0.4, 0.5) is 10.6 Å². The summed E-state index contributed by atoms with van der Waals surface area (Å²) in [5.41, 5.74) is 2.19. The lowest BCUT2D eigenvalue weighted by atomic mass is 9.72. The second-order valence-corrected chi connectivity index (χ2v) is 11.9. The maximum Gasteiger partial charge on any atom is 0.332 e.